The molecular formula is C21H24ClN2O2S+. The summed E-state index contributed by atoms with van der Waals surface area (Å²) in [6, 6.07) is 15.4. The number of sulfonamides is 1. The molecule has 4 nitrogen and oxygen atoms in total. The first-order valence-corrected chi connectivity index (χ1v) is 10.9. The monoisotopic (exact) mass is 403 g/mol. The van der Waals surface area contributed by atoms with Gasteiger partial charge in [-0.2, -0.15) is 12.3 Å². The van der Waals surface area contributed by atoms with Gasteiger partial charge in [0.15, 0.2) is 5.69 Å². The van der Waals surface area contributed by atoms with Crippen LogP contribution < -0.4 is 9.62 Å². The van der Waals surface area contributed by atoms with E-state index < -0.39 is 10.0 Å². The van der Waals surface area contributed by atoms with Crippen molar-refractivity contribution >= 4 is 27.3 Å². The highest BCUT2D eigenvalue weighted by Crippen LogP contribution is 2.34. The number of nitrogens with two attached hydrogens (primary N) is 1. The molecule has 0 radical (unpaired) electrons. The number of hydrogen-bond acceptors (Lipinski definition) is 3. The fourth-order valence-corrected chi connectivity index (χ4v) is 5.08. The molecule has 2 aromatic rings. The Labute approximate surface area is 166 Å². The van der Waals surface area contributed by atoms with Crippen LogP contribution in [0.2, 0.25) is 5.02 Å². The maximum atomic E-state index is 13.1. The lowest BCUT2D eigenvalue weighted by Crippen LogP contribution is -2.51. The van der Waals surface area contributed by atoms with E-state index in [1.54, 1.807) is 13.1 Å². The molecule has 3 rings (SSSR count). The Bertz CT molecular complexity index is 999. The second kappa shape index (κ2) is 7.98. The van der Waals surface area contributed by atoms with Crippen molar-refractivity contribution in [2.45, 2.75) is 13.3 Å². The Morgan fingerprint density at radius 2 is 1.93 bits per heavy atom. The van der Waals surface area contributed by atoms with Gasteiger partial charge in [-0.3, -0.25) is 0 Å². The maximum absolute atomic E-state index is 13.1. The second-order valence-corrected chi connectivity index (χ2v) is 9.40. The van der Waals surface area contributed by atoms with Crippen molar-refractivity contribution < 1.29 is 8.42 Å². The highest BCUT2D eigenvalue weighted by atomic mass is 35.5. The van der Waals surface area contributed by atoms with Gasteiger partial charge in [-0.05, 0) is 36.6 Å². The number of quaternary nitrogens is 1. The van der Waals surface area contributed by atoms with Gasteiger partial charge >= 0.3 is 10.0 Å². The third-order valence-corrected chi connectivity index (χ3v) is 7.44. The molecule has 0 aromatic heterocycles. The molecule has 1 heterocycles. The summed E-state index contributed by atoms with van der Waals surface area (Å²) in [5, 5.41) is 0.708. The van der Waals surface area contributed by atoms with Crippen molar-refractivity contribution in [3.8, 4) is 0 Å². The van der Waals surface area contributed by atoms with Crippen molar-refractivity contribution in [2.24, 2.45) is 5.73 Å². The molecule has 1 unspecified atom stereocenters. The van der Waals surface area contributed by atoms with Crippen molar-refractivity contribution in [3.05, 3.63) is 88.6 Å². The highest BCUT2D eigenvalue weighted by molar-refractivity contribution is 7.91. The van der Waals surface area contributed by atoms with Crippen LogP contribution in [0.25, 0.3) is 0 Å². The van der Waals surface area contributed by atoms with Gasteiger partial charge in [-0.25, -0.2) is 0 Å². The van der Waals surface area contributed by atoms with Crippen LogP contribution >= 0.6 is 11.6 Å². The molecule has 2 N–H and O–H groups in total. The maximum Gasteiger partial charge on any atom is 0.306 e. The fourth-order valence-electron chi connectivity index (χ4n) is 3.37. The average molecular weight is 404 g/mol. The van der Waals surface area contributed by atoms with E-state index in [0.717, 1.165) is 22.4 Å². The molecule has 0 aliphatic carbocycles. The van der Waals surface area contributed by atoms with E-state index in [-0.39, 0.29) is 9.64 Å². The Morgan fingerprint density at radius 3 is 2.63 bits per heavy atom. The molecule has 1 atom stereocenters. The number of rotatable bonds is 6. The summed E-state index contributed by atoms with van der Waals surface area (Å²) in [6.45, 7) is 2.33. The van der Waals surface area contributed by atoms with E-state index >= 15 is 0 Å². The number of nitrogens with zero attached hydrogens (tertiary/aromatic N) is 1. The van der Waals surface area contributed by atoms with Gasteiger partial charge < -0.3 is 5.73 Å². The summed E-state index contributed by atoms with van der Waals surface area (Å²) < 4.78 is 26.0. The molecule has 2 aromatic carbocycles. The fraction of sp³-hybridized carbons (Fsp3) is 0.238. The first-order chi connectivity index (χ1) is 12.9. The molecule has 0 amide bonds. The van der Waals surface area contributed by atoms with E-state index in [0.29, 0.717) is 24.5 Å². The van der Waals surface area contributed by atoms with Gasteiger partial charge in [0, 0.05) is 29.3 Å². The summed E-state index contributed by atoms with van der Waals surface area (Å²) in [6.07, 6.45) is 6.20. The molecule has 0 fully saturated rings. The molecule has 1 aliphatic heterocycles. The second-order valence-electron chi connectivity index (χ2n) is 6.60. The molecule has 0 saturated heterocycles. The summed E-state index contributed by atoms with van der Waals surface area (Å²) in [5.41, 5.74) is 9.36. The number of halogens is 1. The lowest BCUT2D eigenvalue weighted by atomic mass is 10.0. The summed E-state index contributed by atoms with van der Waals surface area (Å²) in [7, 11) is -3.45. The number of hydrogen-bond donors (Lipinski definition) is 1. The zero-order valence-electron chi connectivity index (χ0n) is 15.3. The predicted octanol–water partition coefficient (Wildman–Crippen LogP) is 4.00. The minimum absolute atomic E-state index is 0.0456. The highest BCUT2D eigenvalue weighted by Gasteiger charge is 2.42. The Kier molecular flexibility index (Phi) is 5.86. The molecule has 0 bridgehead atoms. The zero-order valence-corrected chi connectivity index (χ0v) is 16.9. The zero-order chi connectivity index (χ0) is 19.5. The normalized spacial score (nSPS) is 19.7. The molecule has 27 heavy (non-hydrogen) atoms. The molecular weight excluding hydrogens is 380 g/mol. The van der Waals surface area contributed by atoms with Crippen LogP contribution in [0.1, 0.15) is 18.1 Å². The van der Waals surface area contributed by atoms with Crippen LogP contribution in [0, 0.1) is 0 Å². The lowest BCUT2D eigenvalue weighted by Gasteiger charge is -2.34. The minimum Gasteiger partial charge on any atom is -0.326 e. The largest absolute Gasteiger partial charge is 0.326 e. The van der Waals surface area contributed by atoms with Gasteiger partial charge in [-0.15, -0.1) is 0 Å². The molecule has 0 saturated carbocycles. The summed E-state index contributed by atoms with van der Waals surface area (Å²) >= 11 is 6.29. The Morgan fingerprint density at radius 1 is 1.15 bits per heavy atom. The minimum atomic E-state index is -3.45. The SMILES string of the molecule is CCS(=O)(=O)[N+]1(c2cccc(Cc3ccccc3Cl)c2)C=C(CN)C=CC1. The predicted molar refractivity (Wildman–Crippen MR) is 113 cm³/mol. The molecule has 6 heteroatoms. The van der Waals surface area contributed by atoms with Crippen molar-refractivity contribution in [1.82, 2.24) is 3.89 Å². The van der Waals surface area contributed by atoms with E-state index in [4.69, 9.17) is 17.3 Å². The summed E-state index contributed by atoms with van der Waals surface area (Å²) in [4.78, 5) is 0. The van der Waals surface area contributed by atoms with Crippen molar-refractivity contribution in [1.29, 1.82) is 0 Å². The van der Waals surface area contributed by atoms with Crippen molar-refractivity contribution in [2.75, 3.05) is 18.8 Å². The van der Waals surface area contributed by atoms with Gasteiger partial charge in [0.25, 0.3) is 0 Å². The van der Waals surface area contributed by atoms with Crippen LogP contribution in [0.3, 0.4) is 0 Å². The average Bonchev–Trinajstić information content (AvgIpc) is 2.70. The van der Waals surface area contributed by atoms with Crippen molar-refractivity contribution in [3.63, 3.8) is 0 Å². The Balaban J connectivity index is 2.08. The first-order valence-electron chi connectivity index (χ1n) is 8.94. The van der Waals surface area contributed by atoms with E-state index in [9.17, 15) is 8.42 Å². The van der Waals surface area contributed by atoms with Gasteiger partial charge in [0.1, 0.15) is 12.7 Å². The van der Waals surface area contributed by atoms with Gasteiger partial charge in [-0.1, -0.05) is 48.0 Å². The molecule has 0 spiro atoms. The quantitative estimate of drug-likeness (QED) is 0.741. The van der Waals surface area contributed by atoms with Crippen LogP contribution in [-0.4, -0.2) is 27.3 Å². The third-order valence-electron chi connectivity index (χ3n) is 4.88. The van der Waals surface area contributed by atoms with Crippen LogP contribution in [0.5, 0.6) is 0 Å². The molecule has 1 aliphatic rings. The van der Waals surface area contributed by atoms with Gasteiger partial charge in [0.05, 0.1) is 5.75 Å². The topological polar surface area (TPSA) is 60.2 Å². The number of benzene rings is 2. The smallest absolute Gasteiger partial charge is 0.306 e. The summed E-state index contributed by atoms with van der Waals surface area (Å²) in [5.74, 6) is 0.0456. The van der Waals surface area contributed by atoms with Crippen LogP contribution in [0.4, 0.5) is 5.69 Å². The van der Waals surface area contributed by atoms with E-state index in [1.165, 1.54) is 0 Å². The van der Waals surface area contributed by atoms with Crippen LogP contribution in [-0.2, 0) is 16.4 Å². The third kappa shape index (κ3) is 3.87. The Hall–Kier alpha value is -1.92. The van der Waals surface area contributed by atoms with Crippen LogP contribution in [0.15, 0.2) is 72.5 Å². The standard InChI is InChI=1S/C21H24ClN2O2S/c1-2-27(25,26)24(12-6-8-18(15-23)16-24)20-10-5-7-17(14-20)13-19-9-3-4-11-21(19)22/h3-11,14,16H,2,12-13,15,23H2,1H3/q+1. The van der Waals surface area contributed by atoms with Gasteiger partial charge in [0.2, 0.25) is 0 Å². The first kappa shape index (κ1) is 19.8. The lowest BCUT2D eigenvalue weighted by molar-refractivity contribution is 0.511. The van der Waals surface area contributed by atoms with E-state index in [1.807, 2.05) is 60.7 Å². The molecule has 142 valence electrons. The van der Waals surface area contributed by atoms with E-state index in [2.05, 4.69) is 0 Å².